The van der Waals surface area contributed by atoms with Crippen LogP contribution in [0.25, 0.3) is 0 Å². The molecule has 0 atom stereocenters. The van der Waals surface area contributed by atoms with E-state index >= 15 is 0 Å². The third kappa shape index (κ3) is 2.32. The van der Waals surface area contributed by atoms with Gasteiger partial charge in [-0.05, 0) is 12.1 Å². The minimum absolute atomic E-state index is 0.0349. The largest absolute Gasteiger partial charge is 0.478 e. The van der Waals surface area contributed by atoms with Gasteiger partial charge in [-0.3, -0.25) is 9.59 Å². The van der Waals surface area contributed by atoms with Crippen LogP contribution in [-0.2, 0) is 4.79 Å². The second kappa shape index (κ2) is 4.87. The minimum atomic E-state index is -1.15. The summed E-state index contributed by atoms with van der Waals surface area (Å²) in [5, 5.41) is 11.6. The highest BCUT2D eigenvalue weighted by atomic mass is 16.4. The first-order chi connectivity index (χ1) is 8.59. The summed E-state index contributed by atoms with van der Waals surface area (Å²) in [5.74, 6) is -1.81. The lowest BCUT2D eigenvalue weighted by molar-refractivity contribution is -0.123. The smallest absolute Gasteiger partial charge is 0.336 e. The van der Waals surface area contributed by atoms with Gasteiger partial charge in [0.1, 0.15) is 0 Å². The number of carboxylic acids is 1. The topological polar surface area (TPSA) is 86.7 Å². The summed E-state index contributed by atoms with van der Waals surface area (Å²) in [7, 11) is 0. The molecule has 1 aliphatic rings. The van der Waals surface area contributed by atoms with Gasteiger partial charge in [-0.15, -0.1) is 0 Å². The normalized spacial score (nSPS) is 15.1. The molecule has 0 bridgehead atoms. The molecule has 0 spiro atoms. The molecule has 6 nitrogen and oxygen atoms in total. The molecular formula is C12H12N2O4. The van der Waals surface area contributed by atoms with E-state index in [1.54, 1.807) is 12.1 Å². The second-order valence-corrected chi connectivity index (χ2v) is 3.93. The molecule has 1 saturated heterocycles. The van der Waals surface area contributed by atoms with Crippen molar-refractivity contribution >= 4 is 17.8 Å². The van der Waals surface area contributed by atoms with Gasteiger partial charge < -0.3 is 15.3 Å². The van der Waals surface area contributed by atoms with Crippen molar-refractivity contribution in [2.75, 3.05) is 19.6 Å². The van der Waals surface area contributed by atoms with Crippen molar-refractivity contribution in [3.63, 3.8) is 0 Å². The van der Waals surface area contributed by atoms with Gasteiger partial charge in [0.2, 0.25) is 5.91 Å². The maximum Gasteiger partial charge on any atom is 0.336 e. The van der Waals surface area contributed by atoms with Crippen molar-refractivity contribution in [2.24, 2.45) is 0 Å². The lowest BCUT2D eigenvalue weighted by Crippen LogP contribution is -2.50. The average molecular weight is 248 g/mol. The van der Waals surface area contributed by atoms with E-state index in [4.69, 9.17) is 5.11 Å². The fourth-order valence-corrected chi connectivity index (χ4v) is 1.84. The molecule has 1 fully saturated rings. The van der Waals surface area contributed by atoms with Crippen molar-refractivity contribution in [3.8, 4) is 0 Å². The van der Waals surface area contributed by atoms with Crippen LogP contribution in [0, 0.1) is 0 Å². The minimum Gasteiger partial charge on any atom is -0.478 e. The van der Waals surface area contributed by atoms with E-state index in [9.17, 15) is 14.4 Å². The first kappa shape index (κ1) is 12.1. The maximum absolute atomic E-state index is 12.2. The fraction of sp³-hybridized carbons (Fsp3) is 0.250. The summed E-state index contributed by atoms with van der Waals surface area (Å²) >= 11 is 0. The number of carboxylic acid groups (broad SMARTS) is 1. The number of aromatic carboxylic acids is 1. The average Bonchev–Trinajstić information content (AvgIpc) is 2.38. The van der Waals surface area contributed by atoms with Crippen LogP contribution >= 0.6 is 0 Å². The number of nitrogens with one attached hydrogen (secondary N) is 1. The lowest BCUT2D eigenvalue weighted by Gasteiger charge is -2.27. The highest BCUT2D eigenvalue weighted by Gasteiger charge is 2.25. The van der Waals surface area contributed by atoms with Crippen LogP contribution < -0.4 is 5.32 Å². The zero-order valence-corrected chi connectivity index (χ0v) is 9.55. The van der Waals surface area contributed by atoms with Gasteiger partial charge in [-0.1, -0.05) is 12.1 Å². The number of carbonyl (C=O) groups is 3. The number of nitrogens with zero attached hydrogens (tertiary/aromatic N) is 1. The number of benzene rings is 1. The van der Waals surface area contributed by atoms with Crippen LogP contribution in [0.1, 0.15) is 20.7 Å². The summed E-state index contributed by atoms with van der Waals surface area (Å²) in [6, 6.07) is 5.99. The quantitative estimate of drug-likeness (QED) is 0.768. The van der Waals surface area contributed by atoms with Gasteiger partial charge in [0.25, 0.3) is 5.91 Å². The molecule has 1 aromatic carbocycles. The highest BCUT2D eigenvalue weighted by Crippen LogP contribution is 2.12. The Morgan fingerprint density at radius 2 is 1.89 bits per heavy atom. The van der Waals surface area contributed by atoms with Gasteiger partial charge >= 0.3 is 5.97 Å². The predicted molar refractivity (Wildman–Crippen MR) is 62.3 cm³/mol. The van der Waals surface area contributed by atoms with Gasteiger partial charge in [0.15, 0.2) is 0 Å². The highest BCUT2D eigenvalue weighted by molar-refractivity contribution is 6.05. The van der Waals surface area contributed by atoms with Crippen molar-refractivity contribution in [1.29, 1.82) is 0 Å². The molecule has 1 aliphatic heterocycles. The second-order valence-electron chi connectivity index (χ2n) is 3.93. The van der Waals surface area contributed by atoms with Gasteiger partial charge in [0, 0.05) is 13.1 Å². The van der Waals surface area contributed by atoms with Crippen LogP contribution in [0.4, 0.5) is 0 Å². The number of piperazine rings is 1. The van der Waals surface area contributed by atoms with E-state index in [0.717, 1.165) is 0 Å². The van der Waals surface area contributed by atoms with Crippen molar-refractivity contribution < 1.29 is 19.5 Å². The zero-order chi connectivity index (χ0) is 13.1. The number of hydrogen-bond acceptors (Lipinski definition) is 3. The number of hydrogen-bond donors (Lipinski definition) is 2. The first-order valence-corrected chi connectivity index (χ1v) is 5.48. The summed E-state index contributed by atoms with van der Waals surface area (Å²) in [4.78, 5) is 35.7. The van der Waals surface area contributed by atoms with Crippen molar-refractivity contribution in [2.45, 2.75) is 0 Å². The molecule has 0 aromatic heterocycles. The monoisotopic (exact) mass is 248 g/mol. The fourth-order valence-electron chi connectivity index (χ4n) is 1.84. The van der Waals surface area contributed by atoms with Gasteiger partial charge in [0.05, 0.1) is 17.7 Å². The molecular weight excluding hydrogens is 236 g/mol. The number of amides is 2. The molecule has 2 rings (SSSR count). The van der Waals surface area contributed by atoms with E-state index in [0.29, 0.717) is 13.1 Å². The standard InChI is InChI=1S/C12H12N2O4/c15-10-7-14(6-5-13-10)11(16)8-3-1-2-4-9(8)12(17)18/h1-4H,5-7H2,(H,13,15)(H,17,18). The Morgan fingerprint density at radius 1 is 1.22 bits per heavy atom. The Bertz CT molecular complexity index is 513. The molecule has 18 heavy (non-hydrogen) atoms. The van der Waals surface area contributed by atoms with Crippen LogP contribution in [0.15, 0.2) is 24.3 Å². The third-order valence-electron chi connectivity index (χ3n) is 2.71. The summed E-state index contributed by atoms with van der Waals surface area (Å²) < 4.78 is 0. The number of carbonyl (C=O) groups excluding carboxylic acids is 2. The summed E-state index contributed by atoms with van der Waals surface area (Å²) in [6.07, 6.45) is 0. The molecule has 0 aliphatic carbocycles. The lowest BCUT2D eigenvalue weighted by atomic mass is 10.1. The van der Waals surface area contributed by atoms with E-state index in [1.807, 2.05) is 0 Å². The SMILES string of the molecule is O=C1CN(C(=O)c2ccccc2C(=O)O)CCN1. The molecule has 6 heteroatoms. The van der Waals surface area contributed by atoms with E-state index in [1.165, 1.54) is 17.0 Å². The molecule has 0 unspecified atom stereocenters. The molecule has 0 radical (unpaired) electrons. The van der Waals surface area contributed by atoms with E-state index in [2.05, 4.69) is 5.32 Å². The van der Waals surface area contributed by atoms with E-state index < -0.39 is 11.9 Å². The molecule has 2 N–H and O–H groups in total. The Balaban J connectivity index is 2.28. The molecule has 94 valence electrons. The Morgan fingerprint density at radius 3 is 2.50 bits per heavy atom. The molecule has 1 heterocycles. The Hall–Kier alpha value is -2.37. The molecule has 1 aromatic rings. The van der Waals surface area contributed by atoms with Crippen LogP contribution in [0.2, 0.25) is 0 Å². The zero-order valence-electron chi connectivity index (χ0n) is 9.55. The van der Waals surface area contributed by atoms with Crippen molar-refractivity contribution in [3.05, 3.63) is 35.4 Å². The Kier molecular flexibility index (Phi) is 3.27. The summed E-state index contributed by atoms with van der Waals surface area (Å²) in [5.41, 5.74) is 0.0631. The van der Waals surface area contributed by atoms with Crippen LogP contribution in [-0.4, -0.2) is 47.4 Å². The van der Waals surface area contributed by atoms with Crippen LogP contribution in [0.5, 0.6) is 0 Å². The molecule has 0 saturated carbocycles. The van der Waals surface area contributed by atoms with Crippen LogP contribution in [0.3, 0.4) is 0 Å². The first-order valence-electron chi connectivity index (χ1n) is 5.48. The maximum atomic E-state index is 12.2. The van der Waals surface area contributed by atoms with Gasteiger partial charge in [-0.2, -0.15) is 0 Å². The Labute approximate surface area is 103 Å². The third-order valence-corrected chi connectivity index (χ3v) is 2.71. The van der Waals surface area contributed by atoms with Gasteiger partial charge in [-0.25, -0.2) is 4.79 Å². The van der Waals surface area contributed by atoms with Crippen molar-refractivity contribution in [1.82, 2.24) is 10.2 Å². The number of rotatable bonds is 2. The predicted octanol–water partition coefficient (Wildman–Crippen LogP) is -0.0432. The molecule has 2 amide bonds. The van der Waals surface area contributed by atoms with E-state index in [-0.39, 0.29) is 23.6 Å². The summed E-state index contributed by atoms with van der Waals surface area (Å²) in [6.45, 7) is 0.741.